The Bertz CT molecular complexity index is 243. The van der Waals surface area contributed by atoms with Crippen LogP contribution in [0.3, 0.4) is 0 Å². The Balaban J connectivity index is 2.89. The molecule has 2 nitrogen and oxygen atoms in total. The first-order valence-electron chi connectivity index (χ1n) is 3.23. The Morgan fingerprint density at radius 1 is 1.64 bits per heavy atom. The van der Waals surface area contributed by atoms with Gasteiger partial charge in [-0.2, -0.15) is 0 Å². The van der Waals surface area contributed by atoms with Gasteiger partial charge in [0.05, 0.1) is 0 Å². The summed E-state index contributed by atoms with van der Waals surface area (Å²) in [7, 11) is 0. The molecule has 0 aliphatic rings. The molecular weight excluding hydrogens is 160 g/mol. The molecule has 0 aliphatic carbocycles. The molecule has 0 bridgehead atoms. The summed E-state index contributed by atoms with van der Waals surface area (Å²) in [6.07, 6.45) is 3.31. The van der Waals surface area contributed by atoms with Gasteiger partial charge in [-0.15, -0.1) is 6.58 Å². The average Bonchev–Trinajstić information content (AvgIpc) is 2.05. The molecule has 0 unspecified atom stereocenters. The van der Waals surface area contributed by atoms with Crippen molar-refractivity contribution in [3.05, 3.63) is 41.7 Å². The van der Waals surface area contributed by atoms with E-state index in [-0.39, 0.29) is 6.04 Å². The molecule has 0 spiro atoms. The van der Waals surface area contributed by atoms with Crippen molar-refractivity contribution >= 4 is 11.6 Å². The van der Waals surface area contributed by atoms with E-state index in [1.165, 1.54) is 0 Å². The van der Waals surface area contributed by atoms with Crippen LogP contribution in [0.4, 0.5) is 0 Å². The maximum Gasteiger partial charge on any atom is 0.129 e. The van der Waals surface area contributed by atoms with Crippen LogP contribution in [0.5, 0.6) is 0 Å². The summed E-state index contributed by atoms with van der Waals surface area (Å²) < 4.78 is 0. The molecule has 0 saturated carbocycles. The van der Waals surface area contributed by atoms with Crippen LogP contribution in [0.2, 0.25) is 5.15 Å². The van der Waals surface area contributed by atoms with E-state index in [1.54, 1.807) is 18.3 Å². The number of rotatable bonds is 2. The van der Waals surface area contributed by atoms with E-state index in [2.05, 4.69) is 11.6 Å². The maximum atomic E-state index is 5.64. The van der Waals surface area contributed by atoms with Crippen molar-refractivity contribution in [2.24, 2.45) is 5.73 Å². The normalized spacial score (nSPS) is 12.5. The largest absolute Gasteiger partial charge is 0.321 e. The van der Waals surface area contributed by atoms with Gasteiger partial charge in [0.2, 0.25) is 0 Å². The van der Waals surface area contributed by atoms with Gasteiger partial charge in [-0.25, -0.2) is 4.98 Å². The van der Waals surface area contributed by atoms with Gasteiger partial charge >= 0.3 is 0 Å². The number of hydrogen-bond acceptors (Lipinski definition) is 2. The second-order valence-corrected chi connectivity index (χ2v) is 2.56. The predicted octanol–water partition coefficient (Wildman–Crippen LogP) is 1.92. The first-order valence-corrected chi connectivity index (χ1v) is 3.61. The Kier molecular flexibility index (Phi) is 2.63. The third-order valence-corrected chi connectivity index (χ3v) is 1.61. The first-order chi connectivity index (χ1) is 5.24. The molecule has 1 heterocycles. The monoisotopic (exact) mass is 168 g/mol. The van der Waals surface area contributed by atoms with Gasteiger partial charge in [0.15, 0.2) is 0 Å². The smallest absolute Gasteiger partial charge is 0.129 e. The molecule has 2 N–H and O–H groups in total. The third kappa shape index (κ3) is 2.03. The highest BCUT2D eigenvalue weighted by atomic mass is 35.5. The topological polar surface area (TPSA) is 38.9 Å². The van der Waals surface area contributed by atoms with E-state index < -0.39 is 0 Å². The molecule has 1 atom stereocenters. The van der Waals surface area contributed by atoms with Crippen molar-refractivity contribution in [1.29, 1.82) is 0 Å². The maximum absolute atomic E-state index is 5.64. The lowest BCUT2D eigenvalue weighted by Gasteiger charge is -2.04. The van der Waals surface area contributed by atoms with Crippen LogP contribution >= 0.6 is 11.6 Å². The van der Waals surface area contributed by atoms with Gasteiger partial charge in [0.1, 0.15) is 5.15 Å². The summed E-state index contributed by atoms with van der Waals surface area (Å²) in [4.78, 5) is 3.89. The molecule has 0 amide bonds. The highest BCUT2D eigenvalue weighted by molar-refractivity contribution is 6.29. The van der Waals surface area contributed by atoms with E-state index in [9.17, 15) is 0 Å². The second-order valence-electron chi connectivity index (χ2n) is 2.18. The molecule has 0 fully saturated rings. The molecule has 58 valence electrons. The molecule has 3 heteroatoms. The molecule has 0 saturated heterocycles. The Morgan fingerprint density at radius 3 is 2.82 bits per heavy atom. The van der Waals surface area contributed by atoms with Crippen LogP contribution in [0.25, 0.3) is 0 Å². The Labute approximate surface area is 70.7 Å². The number of halogens is 1. The van der Waals surface area contributed by atoms with Crippen molar-refractivity contribution in [2.75, 3.05) is 0 Å². The van der Waals surface area contributed by atoms with Crippen molar-refractivity contribution in [2.45, 2.75) is 6.04 Å². The molecule has 11 heavy (non-hydrogen) atoms. The number of nitrogens with two attached hydrogens (primary N) is 1. The second kappa shape index (κ2) is 3.51. The number of pyridine rings is 1. The third-order valence-electron chi connectivity index (χ3n) is 1.39. The lowest BCUT2D eigenvalue weighted by atomic mass is 10.1. The predicted molar refractivity (Wildman–Crippen MR) is 46.4 cm³/mol. The van der Waals surface area contributed by atoms with Gasteiger partial charge < -0.3 is 5.73 Å². The minimum atomic E-state index is -0.153. The van der Waals surface area contributed by atoms with E-state index in [1.807, 2.05) is 6.07 Å². The number of hydrogen-bond donors (Lipinski definition) is 1. The van der Waals surface area contributed by atoms with Crippen LogP contribution in [-0.4, -0.2) is 4.98 Å². The zero-order valence-electron chi connectivity index (χ0n) is 6.00. The Hall–Kier alpha value is -0.860. The fourth-order valence-corrected chi connectivity index (χ4v) is 0.832. The summed E-state index contributed by atoms with van der Waals surface area (Å²) in [5, 5.41) is 0.477. The SMILES string of the molecule is C=C[C@@H](N)c1ccc(Cl)nc1. The van der Waals surface area contributed by atoms with Crippen LogP contribution < -0.4 is 5.73 Å². The molecular formula is C8H9ClN2. The quantitative estimate of drug-likeness (QED) is 0.541. The lowest BCUT2D eigenvalue weighted by Crippen LogP contribution is -2.06. The fourth-order valence-electron chi connectivity index (χ4n) is 0.721. The van der Waals surface area contributed by atoms with E-state index in [0.29, 0.717) is 5.15 Å². The van der Waals surface area contributed by atoms with Gasteiger partial charge in [-0.05, 0) is 11.6 Å². The van der Waals surface area contributed by atoms with Crippen molar-refractivity contribution in [1.82, 2.24) is 4.98 Å². The Morgan fingerprint density at radius 2 is 2.36 bits per heavy atom. The summed E-state index contributed by atoms with van der Waals surface area (Å²) in [5.41, 5.74) is 6.56. The highest BCUT2D eigenvalue weighted by Crippen LogP contribution is 2.11. The van der Waals surface area contributed by atoms with Crippen molar-refractivity contribution in [3.8, 4) is 0 Å². The fraction of sp³-hybridized carbons (Fsp3) is 0.125. The summed E-state index contributed by atoms with van der Waals surface area (Å²) >= 11 is 5.58. The van der Waals surface area contributed by atoms with Gasteiger partial charge in [0, 0.05) is 12.2 Å². The van der Waals surface area contributed by atoms with Gasteiger partial charge in [-0.1, -0.05) is 23.7 Å². The molecule has 0 aliphatic heterocycles. The van der Waals surface area contributed by atoms with Gasteiger partial charge in [0.25, 0.3) is 0 Å². The summed E-state index contributed by atoms with van der Waals surface area (Å²) in [6.45, 7) is 3.57. The molecule has 1 aromatic rings. The van der Waals surface area contributed by atoms with Crippen LogP contribution in [0, 0.1) is 0 Å². The summed E-state index contributed by atoms with van der Waals surface area (Å²) in [5.74, 6) is 0. The average molecular weight is 169 g/mol. The minimum absolute atomic E-state index is 0.153. The lowest BCUT2D eigenvalue weighted by molar-refractivity contribution is 0.904. The zero-order chi connectivity index (χ0) is 8.27. The van der Waals surface area contributed by atoms with Crippen molar-refractivity contribution < 1.29 is 0 Å². The first kappa shape index (κ1) is 8.24. The molecule has 0 radical (unpaired) electrons. The zero-order valence-corrected chi connectivity index (χ0v) is 6.75. The minimum Gasteiger partial charge on any atom is -0.321 e. The van der Waals surface area contributed by atoms with E-state index in [0.717, 1.165) is 5.56 Å². The molecule has 1 aromatic heterocycles. The van der Waals surface area contributed by atoms with E-state index >= 15 is 0 Å². The van der Waals surface area contributed by atoms with Crippen LogP contribution in [0.15, 0.2) is 31.0 Å². The highest BCUT2D eigenvalue weighted by Gasteiger charge is 1.99. The van der Waals surface area contributed by atoms with Crippen LogP contribution in [0.1, 0.15) is 11.6 Å². The molecule has 0 aromatic carbocycles. The van der Waals surface area contributed by atoms with Crippen LogP contribution in [-0.2, 0) is 0 Å². The van der Waals surface area contributed by atoms with E-state index in [4.69, 9.17) is 17.3 Å². The van der Waals surface area contributed by atoms with Gasteiger partial charge in [-0.3, -0.25) is 0 Å². The number of nitrogens with zero attached hydrogens (tertiary/aromatic N) is 1. The number of aromatic nitrogens is 1. The summed E-state index contributed by atoms with van der Waals surface area (Å²) in [6, 6.07) is 3.39. The standard InChI is InChI=1S/C8H9ClN2/c1-2-7(10)6-3-4-8(9)11-5-6/h2-5,7H,1,10H2/t7-/m1/s1. The molecule has 1 rings (SSSR count). The van der Waals surface area contributed by atoms with Crippen molar-refractivity contribution in [3.63, 3.8) is 0 Å².